The van der Waals surface area contributed by atoms with E-state index in [4.69, 9.17) is 0 Å². The van der Waals surface area contributed by atoms with Gasteiger partial charge in [-0.25, -0.2) is 4.79 Å². The lowest BCUT2D eigenvalue weighted by Gasteiger charge is -2.41. The molecular formula is C11H20N2O. The summed E-state index contributed by atoms with van der Waals surface area (Å²) in [7, 11) is 0. The molecule has 1 saturated heterocycles. The van der Waals surface area contributed by atoms with Gasteiger partial charge in [0.25, 0.3) is 0 Å². The van der Waals surface area contributed by atoms with Crippen molar-refractivity contribution in [3.05, 3.63) is 0 Å². The van der Waals surface area contributed by atoms with Crippen LogP contribution in [0.5, 0.6) is 0 Å². The number of piperidine rings is 1. The Labute approximate surface area is 85.8 Å². The second-order valence-electron chi connectivity index (χ2n) is 4.89. The molecule has 1 N–H and O–H groups in total. The highest BCUT2D eigenvalue weighted by atomic mass is 16.2. The molecule has 2 aliphatic rings. The molecule has 1 aliphatic carbocycles. The Bertz CT molecular complexity index is 217. The van der Waals surface area contributed by atoms with Gasteiger partial charge in [-0.2, -0.15) is 0 Å². The van der Waals surface area contributed by atoms with Gasteiger partial charge >= 0.3 is 6.03 Å². The van der Waals surface area contributed by atoms with Crippen LogP contribution in [0.15, 0.2) is 0 Å². The minimum Gasteiger partial charge on any atom is -0.333 e. The molecular weight excluding hydrogens is 176 g/mol. The van der Waals surface area contributed by atoms with Crippen LogP contribution >= 0.6 is 0 Å². The maximum absolute atomic E-state index is 11.8. The third kappa shape index (κ3) is 2.02. The highest BCUT2D eigenvalue weighted by molar-refractivity contribution is 5.75. The van der Waals surface area contributed by atoms with Crippen molar-refractivity contribution in [1.29, 1.82) is 0 Å². The maximum Gasteiger partial charge on any atom is 0.317 e. The lowest BCUT2D eigenvalue weighted by Crippen LogP contribution is -2.55. The molecule has 2 amide bonds. The van der Waals surface area contributed by atoms with Gasteiger partial charge in [-0.05, 0) is 45.4 Å². The van der Waals surface area contributed by atoms with Crippen molar-refractivity contribution in [1.82, 2.24) is 10.2 Å². The van der Waals surface area contributed by atoms with E-state index < -0.39 is 0 Å². The van der Waals surface area contributed by atoms with Crippen LogP contribution in [0, 0.1) is 0 Å². The van der Waals surface area contributed by atoms with E-state index in [1.807, 2.05) is 4.90 Å². The number of hydrogen-bond donors (Lipinski definition) is 1. The quantitative estimate of drug-likeness (QED) is 0.684. The zero-order valence-electron chi connectivity index (χ0n) is 9.01. The summed E-state index contributed by atoms with van der Waals surface area (Å²) >= 11 is 0. The third-order valence-corrected chi connectivity index (χ3v) is 3.51. The number of likely N-dealkylation sites (tertiary alicyclic amines) is 1. The number of amides is 2. The minimum absolute atomic E-state index is 0.106. The summed E-state index contributed by atoms with van der Waals surface area (Å²) in [5, 5.41) is 3.15. The Kier molecular flexibility index (Phi) is 2.66. The van der Waals surface area contributed by atoms with Crippen LogP contribution in [-0.4, -0.2) is 29.6 Å². The zero-order chi connectivity index (χ0) is 10.0. The normalized spacial score (nSPS) is 25.4. The van der Waals surface area contributed by atoms with E-state index in [0.29, 0.717) is 0 Å². The number of carbonyl (C=O) groups excluding carboxylic acids is 1. The van der Waals surface area contributed by atoms with Crippen molar-refractivity contribution in [2.45, 2.75) is 51.0 Å². The Hall–Kier alpha value is -0.730. The number of rotatable bonds is 1. The summed E-state index contributed by atoms with van der Waals surface area (Å²) in [6, 6.07) is 0.159. The van der Waals surface area contributed by atoms with Crippen molar-refractivity contribution < 1.29 is 4.79 Å². The summed E-state index contributed by atoms with van der Waals surface area (Å²) in [6.45, 7) is 4.04. The first-order valence-electron chi connectivity index (χ1n) is 5.77. The second-order valence-corrected chi connectivity index (χ2v) is 4.89. The number of carbonyl (C=O) groups is 1. The largest absolute Gasteiger partial charge is 0.333 e. The molecule has 1 heterocycles. The predicted molar refractivity (Wildman–Crippen MR) is 56.2 cm³/mol. The smallest absolute Gasteiger partial charge is 0.317 e. The Morgan fingerprint density at radius 1 is 1.14 bits per heavy atom. The topological polar surface area (TPSA) is 32.3 Å². The minimum atomic E-state index is 0.106. The molecule has 0 unspecified atom stereocenters. The van der Waals surface area contributed by atoms with Crippen molar-refractivity contribution in [3.8, 4) is 0 Å². The van der Waals surface area contributed by atoms with Gasteiger partial charge in [0.05, 0.1) is 0 Å². The van der Waals surface area contributed by atoms with Crippen LogP contribution in [0.3, 0.4) is 0 Å². The molecule has 3 heteroatoms. The van der Waals surface area contributed by atoms with Crippen molar-refractivity contribution in [2.75, 3.05) is 13.1 Å². The van der Waals surface area contributed by atoms with E-state index in [-0.39, 0.29) is 11.6 Å². The summed E-state index contributed by atoms with van der Waals surface area (Å²) in [4.78, 5) is 13.8. The van der Waals surface area contributed by atoms with Gasteiger partial charge in [0.15, 0.2) is 0 Å². The van der Waals surface area contributed by atoms with Crippen molar-refractivity contribution in [3.63, 3.8) is 0 Å². The monoisotopic (exact) mass is 196 g/mol. The summed E-state index contributed by atoms with van der Waals surface area (Å²) in [6.07, 6.45) is 7.17. The van der Waals surface area contributed by atoms with Crippen LogP contribution in [-0.2, 0) is 0 Å². The van der Waals surface area contributed by atoms with Gasteiger partial charge in [-0.3, -0.25) is 0 Å². The van der Waals surface area contributed by atoms with Crippen LogP contribution in [0.4, 0.5) is 4.79 Å². The Morgan fingerprint density at radius 3 is 2.29 bits per heavy atom. The molecule has 14 heavy (non-hydrogen) atoms. The first-order chi connectivity index (χ1) is 6.70. The van der Waals surface area contributed by atoms with Crippen LogP contribution in [0.25, 0.3) is 0 Å². The Balaban J connectivity index is 1.81. The van der Waals surface area contributed by atoms with E-state index in [2.05, 4.69) is 12.2 Å². The molecule has 0 aromatic heterocycles. The molecule has 1 aliphatic heterocycles. The summed E-state index contributed by atoms with van der Waals surface area (Å²) in [5.41, 5.74) is 0.106. The number of hydrogen-bond acceptors (Lipinski definition) is 1. The highest BCUT2D eigenvalue weighted by Gasteiger charge is 2.34. The van der Waals surface area contributed by atoms with E-state index in [0.717, 1.165) is 25.9 Å². The third-order valence-electron chi connectivity index (χ3n) is 3.51. The lowest BCUT2D eigenvalue weighted by atomic mass is 9.79. The first kappa shape index (κ1) is 9.81. The summed E-state index contributed by atoms with van der Waals surface area (Å²) < 4.78 is 0. The second kappa shape index (κ2) is 3.79. The first-order valence-corrected chi connectivity index (χ1v) is 5.77. The molecule has 3 nitrogen and oxygen atoms in total. The average Bonchev–Trinajstić information content (AvgIpc) is 2.17. The predicted octanol–water partition coefficient (Wildman–Crippen LogP) is 2.12. The van der Waals surface area contributed by atoms with E-state index >= 15 is 0 Å². The molecule has 0 bridgehead atoms. The number of nitrogens with zero attached hydrogens (tertiary/aromatic N) is 1. The van der Waals surface area contributed by atoms with Crippen LogP contribution < -0.4 is 5.32 Å². The van der Waals surface area contributed by atoms with Gasteiger partial charge in [-0.1, -0.05) is 0 Å². The molecule has 2 fully saturated rings. The molecule has 0 radical (unpaired) electrons. The van der Waals surface area contributed by atoms with Crippen molar-refractivity contribution >= 4 is 6.03 Å². The van der Waals surface area contributed by atoms with Gasteiger partial charge < -0.3 is 10.2 Å². The van der Waals surface area contributed by atoms with E-state index in [1.165, 1.54) is 25.7 Å². The fourth-order valence-corrected chi connectivity index (χ4v) is 2.27. The fourth-order valence-electron chi connectivity index (χ4n) is 2.27. The zero-order valence-corrected chi connectivity index (χ0v) is 9.01. The van der Waals surface area contributed by atoms with Gasteiger partial charge in [0, 0.05) is 18.6 Å². The van der Waals surface area contributed by atoms with Gasteiger partial charge in [-0.15, -0.1) is 0 Å². The Morgan fingerprint density at radius 2 is 1.79 bits per heavy atom. The van der Waals surface area contributed by atoms with Gasteiger partial charge in [0.2, 0.25) is 0 Å². The number of nitrogens with one attached hydrogen (secondary N) is 1. The molecule has 1 saturated carbocycles. The summed E-state index contributed by atoms with van der Waals surface area (Å²) in [5.74, 6) is 0. The molecule has 2 rings (SSSR count). The van der Waals surface area contributed by atoms with Crippen LogP contribution in [0.1, 0.15) is 45.4 Å². The van der Waals surface area contributed by atoms with Gasteiger partial charge in [0.1, 0.15) is 0 Å². The molecule has 0 aromatic carbocycles. The highest BCUT2D eigenvalue weighted by Crippen LogP contribution is 2.31. The maximum atomic E-state index is 11.8. The number of urea groups is 1. The van der Waals surface area contributed by atoms with Crippen LogP contribution in [0.2, 0.25) is 0 Å². The standard InChI is InChI=1S/C11H20N2O/c1-11(6-5-7-11)12-10(14)13-8-3-2-4-9-13/h2-9H2,1H3,(H,12,14). The molecule has 0 aromatic rings. The van der Waals surface area contributed by atoms with E-state index in [1.54, 1.807) is 0 Å². The molecule has 0 atom stereocenters. The SMILES string of the molecule is CC1(NC(=O)N2CCCCC2)CCC1. The average molecular weight is 196 g/mol. The fraction of sp³-hybridized carbons (Fsp3) is 0.909. The lowest BCUT2D eigenvalue weighted by molar-refractivity contribution is 0.152. The molecule has 0 spiro atoms. The van der Waals surface area contributed by atoms with Crippen molar-refractivity contribution in [2.24, 2.45) is 0 Å². The van der Waals surface area contributed by atoms with E-state index in [9.17, 15) is 4.79 Å². The molecule has 80 valence electrons.